The predicted octanol–water partition coefficient (Wildman–Crippen LogP) is 2.23. The molecule has 0 aliphatic carbocycles. The summed E-state index contributed by atoms with van der Waals surface area (Å²) in [7, 11) is 0. The molecule has 0 saturated carbocycles. The van der Waals surface area contributed by atoms with Gasteiger partial charge in [0.05, 0.1) is 12.7 Å². The molecular weight excluding hydrogens is 262 g/mol. The Morgan fingerprint density at radius 1 is 1.53 bits per heavy atom. The molecule has 0 amide bonds. The molecule has 0 aromatic heterocycles. The van der Waals surface area contributed by atoms with E-state index < -0.39 is 0 Å². The van der Waals surface area contributed by atoms with Crippen LogP contribution in [0.3, 0.4) is 0 Å². The first-order chi connectivity index (χ1) is 8.97. The number of halogens is 1. The van der Waals surface area contributed by atoms with E-state index in [0.717, 1.165) is 25.3 Å². The molecule has 2 atom stereocenters. The first kappa shape index (κ1) is 14.3. The number of rotatable bonds is 3. The minimum absolute atomic E-state index is 0.0433. The largest absolute Gasteiger partial charge is 0.384 e. The molecule has 1 aromatic rings. The standard InChI is InChI=1S/C14H20ClN3O/c1-9-8-19-10(2)6-18(9)7-12-4-3-11(14(16)17)5-13(12)15/h3-5,9-10H,6-8H2,1-2H3,(H3,16,17). The number of nitrogens with two attached hydrogens (primary N) is 1. The van der Waals surface area contributed by atoms with Crippen molar-refractivity contribution in [3.05, 3.63) is 34.3 Å². The van der Waals surface area contributed by atoms with Crippen LogP contribution in [0.2, 0.25) is 5.02 Å². The lowest BCUT2D eigenvalue weighted by atomic mass is 10.1. The number of hydrogen-bond acceptors (Lipinski definition) is 3. The summed E-state index contributed by atoms with van der Waals surface area (Å²) in [6.45, 7) is 6.70. The quantitative estimate of drug-likeness (QED) is 0.660. The van der Waals surface area contributed by atoms with Gasteiger partial charge in [-0.05, 0) is 25.5 Å². The molecule has 1 aliphatic heterocycles. The number of morpholine rings is 1. The van der Waals surface area contributed by atoms with Gasteiger partial charge in [-0.1, -0.05) is 23.7 Å². The van der Waals surface area contributed by atoms with Crippen molar-refractivity contribution in [3.63, 3.8) is 0 Å². The Morgan fingerprint density at radius 3 is 2.89 bits per heavy atom. The first-order valence-corrected chi connectivity index (χ1v) is 6.83. The van der Waals surface area contributed by atoms with Crippen molar-refractivity contribution in [2.24, 2.45) is 5.73 Å². The number of benzene rings is 1. The summed E-state index contributed by atoms with van der Waals surface area (Å²) in [6, 6.07) is 5.94. The van der Waals surface area contributed by atoms with Crippen molar-refractivity contribution in [1.82, 2.24) is 4.90 Å². The van der Waals surface area contributed by atoms with Crippen LogP contribution in [0.25, 0.3) is 0 Å². The van der Waals surface area contributed by atoms with E-state index in [9.17, 15) is 0 Å². The molecule has 4 nitrogen and oxygen atoms in total. The Balaban J connectivity index is 2.12. The van der Waals surface area contributed by atoms with Crippen molar-refractivity contribution in [1.29, 1.82) is 5.41 Å². The average Bonchev–Trinajstić information content (AvgIpc) is 2.36. The van der Waals surface area contributed by atoms with Gasteiger partial charge in [0.2, 0.25) is 0 Å². The molecule has 3 N–H and O–H groups in total. The predicted molar refractivity (Wildman–Crippen MR) is 77.8 cm³/mol. The maximum Gasteiger partial charge on any atom is 0.122 e. The maximum atomic E-state index is 7.41. The van der Waals surface area contributed by atoms with Crippen LogP contribution in [0.5, 0.6) is 0 Å². The third-order valence-corrected chi connectivity index (χ3v) is 3.83. The van der Waals surface area contributed by atoms with E-state index in [-0.39, 0.29) is 11.9 Å². The maximum absolute atomic E-state index is 7.41. The number of nitrogens with one attached hydrogen (secondary N) is 1. The Bertz CT molecular complexity index is 478. The Hall–Kier alpha value is -1.10. The molecule has 0 bridgehead atoms. The highest BCUT2D eigenvalue weighted by Gasteiger charge is 2.23. The summed E-state index contributed by atoms with van der Waals surface area (Å²) in [4.78, 5) is 2.36. The summed E-state index contributed by atoms with van der Waals surface area (Å²) < 4.78 is 5.62. The smallest absolute Gasteiger partial charge is 0.122 e. The lowest BCUT2D eigenvalue weighted by Crippen LogP contribution is -2.46. The molecule has 104 valence electrons. The van der Waals surface area contributed by atoms with Gasteiger partial charge >= 0.3 is 0 Å². The Kier molecular flexibility index (Phi) is 4.45. The van der Waals surface area contributed by atoms with E-state index in [0.29, 0.717) is 16.6 Å². The Labute approximate surface area is 119 Å². The SMILES string of the molecule is CC1CN(Cc2ccc(C(=N)N)cc2Cl)C(C)CO1. The zero-order chi connectivity index (χ0) is 14.0. The lowest BCUT2D eigenvalue weighted by Gasteiger charge is -2.36. The zero-order valence-electron chi connectivity index (χ0n) is 11.3. The van der Waals surface area contributed by atoms with E-state index in [2.05, 4.69) is 18.7 Å². The molecular formula is C14H20ClN3O. The van der Waals surface area contributed by atoms with Crippen molar-refractivity contribution < 1.29 is 4.74 Å². The molecule has 0 spiro atoms. The fourth-order valence-corrected chi connectivity index (χ4v) is 2.49. The summed E-state index contributed by atoms with van der Waals surface area (Å²) >= 11 is 6.27. The average molecular weight is 282 g/mol. The number of amidine groups is 1. The molecule has 1 saturated heterocycles. The van der Waals surface area contributed by atoms with Crippen LogP contribution in [0.4, 0.5) is 0 Å². The van der Waals surface area contributed by atoms with E-state index >= 15 is 0 Å². The second-order valence-corrected chi connectivity index (χ2v) is 5.55. The summed E-state index contributed by atoms with van der Waals surface area (Å²) in [5.41, 5.74) is 7.18. The van der Waals surface area contributed by atoms with Crippen LogP contribution >= 0.6 is 11.6 Å². The molecule has 1 heterocycles. The molecule has 0 radical (unpaired) electrons. The summed E-state index contributed by atoms with van der Waals surface area (Å²) in [6.07, 6.45) is 0.256. The molecule has 1 aromatic carbocycles. The van der Waals surface area contributed by atoms with Gasteiger partial charge in [0.15, 0.2) is 0 Å². The van der Waals surface area contributed by atoms with E-state index in [4.69, 9.17) is 27.5 Å². The third kappa shape index (κ3) is 3.47. The Morgan fingerprint density at radius 2 is 2.26 bits per heavy atom. The lowest BCUT2D eigenvalue weighted by molar-refractivity contribution is -0.0526. The monoisotopic (exact) mass is 281 g/mol. The second kappa shape index (κ2) is 5.90. The minimum atomic E-state index is 0.0433. The summed E-state index contributed by atoms with van der Waals surface area (Å²) in [5.74, 6) is 0.0433. The fourth-order valence-electron chi connectivity index (χ4n) is 2.25. The normalized spacial score (nSPS) is 24.4. The van der Waals surface area contributed by atoms with Gasteiger partial charge in [0.1, 0.15) is 5.84 Å². The number of nitrogens with zero attached hydrogens (tertiary/aromatic N) is 1. The third-order valence-electron chi connectivity index (χ3n) is 3.47. The topological polar surface area (TPSA) is 62.3 Å². The van der Waals surface area contributed by atoms with Gasteiger partial charge in [-0.2, -0.15) is 0 Å². The number of ether oxygens (including phenoxy) is 1. The van der Waals surface area contributed by atoms with Crippen molar-refractivity contribution >= 4 is 17.4 Å². The molecule has 1 fully saturated rings. The highest BCUT2D eigenvalue weighted by atomic mass is 35.5. The number of nitrogen functional groups attached to an aromatic ring is 1. The summed E-state index contributed by atoms with van der Waals surface area (Å²) in [5, 5.41) is 8.07. The molecule has 5 heteroatoms. The fraction of sp³-hybridized carbons (Fsp3) is 0.500. The second-order valence-electron chi connectivity index (χ2n) is 5.14. The van der Waals surface area contributed by atoms with Crippen LogP contribution in [-0.2, 0) is 11.3 Å². The van der Waals surface area contributed by atoms with Gasteiger partial charge in [-0.25, -0.2) is 0 Å². The van der Waals surface area contributed by atoms with Gasteiger partial charge < -0.3 is 10.5 Å². The van der Waals surface area contributed by atoms with Crippen molar-refractivity contribution in [2.75, 3.05) is 13.2 Å². The molecule has 1 aliphatic rings. The zero-order valence-corrected chi connectivity index (χ0v) is 12.1. The van der Waals surface area contributed by atoms with E-state index in [1.165, 1.54) is 0 Å². The highest BCUT2D eigenvalue weighted by Crippen LogP contribution is 2.22. The molecule has 19 heavy (non-hydrogen) atoms. The molecule has 2 rings (SSSR count). The van der Waals surface area contributed by atoms with Crippen LogP contribution in [0.1, 0.15) is 25.0 Å². The van der Waals surface area contributed by atoms with E-state index in [1.54, 1.807) is 6.07 Å². The van der Waals surface area contributed by atoms with Crippen LogP contribution in [0.15, 0.2) is 18.2 Å². The highest BCUT2D eigenvalue weighted by molar-refractivity contribution is 6.31. The van der Waals surface area contributed by atoms with Crippen molar-refractivity contribution in [2.45, 2.75) is 32.5 Å². The van der Waals surface area contributed by atoms with Crippen molar-refractivity contribution in [3.8, 4) is 0 Å². The van der Waals surface area contributed by atoms with Crippen LogP contribution in [-0.4, -0.2) is 36.0 Å². The van der Waals surface area contributed by atoms with Gasteiger partial charge in [0.25, 0.3) is 0 Å². The van der Waals surface area contributed by atoms with Gasteiger partial charge in [-0.15, -0.1) is 0 Å². The van der Waals surface area contributed by atoms with Crippen LogP contribution in [0, 0.1) is 5.41 Å². The first-order valence-electron chi connectivity index (χ1n) is 6.46. The van der Waals surface area contributed by atoms with Gasteiger partial charge in [0, 0.05) is 29.7 Å². The van der Waals surface area contributed by atoms with Crippen LogP contribution < -0.4 is 5.73 Å². The van der Waals surface area contributed by atoms with E-state index in [1.807, 2.05) is 12.1 Å². The molecule has 2 unspecified atom stereocenters. The number of hydrogen-bond donors (Lipinski definition) is 2. The van der Waals surface area contributed by atoms with Gasteiger partial charge in [-0.3, -0.25) is 10.3 Å². The minimum Gasteiger partial charge on any atom is -0.384 e.